The van der Waals surface area contributed by atoms with Gasteiger partial charge in [0, 0.05) is 18.2 Å². The number of benzene rings is 1. The first-order valence-corrected chi connectivity index (χ1v) is 12.8. The Kier molecular flexibility index (Phi) is 8.84. The van der Waals surface area contributed by atoms with Crippen molar-refractivity contribution in [1.29, 1.82) is 0 Å². The second-order valence-corrected chi connectivity index (χ2v) is 10.8. The zero-order chi connectivity index (χ0) is 26.6. The Hall–Kier alpha value is -2.84. The first-order chi connectivity index (χ1) is 16.9. The molecule has 200 valence electrons. The van der Waals surface area contributed by atoms with Crippen LogP contribution < -0.4 is 20.1 Å². The lowest BCUT2D eigenvalue weighted by atomic mass is 9.75. The maximum atomic E-state index is 14.8. The van der Waals surface area contributed by atoms with Crippen molar-refractivity contribution < 1.29 is 33.4 Å². The lowest BCUT2D eigenvalue weighted by Crippen LogP contribution is -2.47. The molecule has 0 aromatic heterocycles. The summed E-state index contributed by atoms with van der Waals surface area (Å²) in [5, 5.41) is 15.4. The molecular formula is C27H39FN2O6. The minimum absolute atomic E-state index is 0.0273. The zero-order valence-corrected chi connectivity index (χ0v) is 21.9. The summed E-state index contributed by atoms with van der Waals surface area (Å²) in [6, 6.07) is 2.15. The molecule has 36 heavy (non-hydrogen) atoms. The molecule has 1 aromatic carbocycles. The van der Waals surface area contributed by atoms with Gasteiger partial charge in [-0.05, 0) is 64.4 Å². The average molecular weight is 507 g/mol. The maximum Gasteiger partial charge on any atom is 0.309 e. The van der Waals surface area contributed by atoms with Crippen molar-refractivity contribution in [3.63, 3.8) is 0 Å². The summed E-state index contributed by atoms with van der Waals surface area (Å²) in [4.78, 5) is 37.5. The summed E-state index contributed by atoms with van der Waals surface area (Å²) >= 11 is 0. The van der Waals surface area contributed by atoms with E-state index in [1.54, 1.807) is 6.92 Å². The monoisotopic (exact) mass is 506 g/mol. The molecule has 3 rings (SSSR count). The van der Waals surface area contributed by atoms with E-state index in [-0.39, 0.29) is 47.1 Å². The van der Waals surface area contributed by atoms with Crippen LogP contribution >= 0.6 is 0 Å². The minimum Gasteiger partial charge on any atom is -0.496 e. The van der Waals surface area contributed by atoms with Crippen LogP contribution in [0.15, 0.2) is 12.1 Å². The van der Waals surface area contributed by atoms with Gasteiger partial charge in [-0.25, -0.2) is 4.39 Å². The second kappa shape index (κ2) is 11.5. The van der Waals surface area contributed by atoms with Gasteiger partial charge in [0.2, 0.25) is 5.91 Å². The third kappa shape index (κ3) is 6.28. The number of carboxylic acids is 1. The number of ether oxygens (including phenoxy) is 2. The Morgan fingerprint density at radius 3 is 2.33 bits per heavy atom. The fraction of sp³-hybridized carbons (Fsp3) is 0.667. The number of amides is 2. The highest BCUT2D eigenvalue weighted by molar-refractivity contribution is 5.98. The van der Waals surface area contributed by atoms with Crippen molar-refractivity contribution in [2.45, 2.75) is 90.8 Å². The van der Waals surface area contributed by atoms with Gasteiger partial charge in [0.25, 0.3) is 5.91 Å². The van der Waals surface area contributed by atoms with E-state index >= 15 is 0 Å². The molecule has 0 aliphatic heterocycles. The third-order valence-electron chi connectivity index (χ3n) is 7.88. The highest BCUT2D eigenvalue weighted by atomic mass is 19.1. The number of rotatable bonds is 9. The lowest BCUT2D eigenvalue weighted by Gasteiger charge is -2.34. The summed E-state index contributed by atoms with van der Waals surface area (Å²) in [5.41, 5.74) is -0.679. The van der Waals surface area contributed by atoms with Crippen molar-refractivity contribution in [3.8, 4) is 11.5 Å². The number of nitrogens with one attached hydrogen (secondary N) is 2. The highest BCUT2D eigenvalue weighted by Crippen LogP contribution is 2.38. The van der Waals surface area contributed by atoms with Crippen LogP contribution in [0.25, 0.3) is 0 Å². The second-order valence-electron chi connectivity index (χ2n) is 10.8. The molecule has 2 amide bonds. The quantitative estimate of drug-likeness (QED) is 0.460. The standard InChI is InChI=1S/C27H39FN2O6/c1-15(2)16(3)29-24(31)18-7-6-8-21(18)30-25(32)19-13-23(20(28)14-22(19)35-5)36-17-9-11-27(4,12-10-17)26(33)34/h13-18,21H,6-12H2,1-5H3,(H,29,31)(H,30,32)(H,33,34)/t16?,17?,18-,21+,27?/m0/s1. The molecular weight excluding hydrogens is 467 g/mol. The van der Waals surface area contributed by atoms with Crippen molar-refractivity contribution in [3.05, 3.63) is 23.5 Å². The molecule has 1 aromatic rings. The zero-order valence-electron chi connectivity index (χ0n) is 21.9. The van der Waals surface area contributed by atoms with Gasteiger partial charge in [-0.3, -0.25) is 14.4 Å². The van der Waals surface area contributed by atoms with Gasteiger partial charge < -0.3 is 25.2 Å². The van der Waals surface area contributed by atoms with E-state index in [2.05, 4.69) is 10.6 Å². The van der Waals surface area contributed by atoms with E-state index in [1.807, 2.05) is 20.8 Å². The van der Waals surface area contributed by atoms with E-state index in [0.717, 1.165) is 12.5 Å². The van der Waals surface area contributed by atoms with E-state index in [1.165, 1.54) is 13.2 Å². The SMILES string of the molecule is COc1cc(F)c(OC2CCC(C)(C(=O)O)CC2)cc1C(=O)N[C@@H]1CCC[C@@H]1C(=O)NC(C)C(C)C. The molecule has 0 saturated heterocycles. The number of carbonyl (C=O) groups excluding carboxylic acids is 2. The number of carboxylic acid groups (broad SMARTS) is 1. The Morgan fingerprint density at radius 1 is 1.08 bits per heavy atom. The van der Waals surface area contributed by atoms with Crippen LogP contribution in [0.2, 0.25) is 0 Å². The predicted molar refractivity (Wildman–Crippen MR) is 133 cm³/mol. The smallest absolute Gasteiger partial charge is 0.309 e. The summed E-state index contributed by atoms with van der Waals surface area (Å²) in [7, 11) is 1.36. The van der Waals surface area contributed by atoms with Crippen molar-refractivity contribution in [1.82, 2.24) is 10.6 Å². The summed E-state index contributed by atoms with van der Waals surface area (Å²) in [6.45, 7) is 7.75. The van der Waals surface area contributed by atoms with Gasteiger partial charge in [0.05, 0.1) is 30.1 Å². The normalized spacial score (nSPS) is 26.8. The first kappa shape index (κ1) is 27.7. The summed E-state index contributed by atoms with van der Waals surface area (Å²) in [5.74, 6) is -2.05. The van der Waals surface area contributed by atoms with Gasteiger partial charge in [0.15, 0.2) is 11.6 Å². The molecule has 2 aliphatic carbocycles. The molecule has 0 spiro atoms. The molecule has 0 radical (unpaired) electrons. The third-order valence-corrected chi connectivity index (χ3v) is 7.88. The highest BCUT2D eigenvalue weighted by Gasteiger charge is 2.39. The van der Waals surface area contributed by atoms with Crippen LogP contribution in [0.4, 0.5) is 4.39 Å². The molecule has 9 heteroatoms. The number of hydrogen-bond donors (Lipinski definition) is 3. The number of aliphatic carboxylic acids is 1. The van der Waals surface area contributed by atoms with Crippen molar-refractivity contribution >= 4 is 17.8 Å². The predicted octanol–water partition coefficient (Wildman–Crippen LogP) is 4.31. The Balaban J connectivity index is 1.71. The van der Waals surface area contributed by atoms with E-state index in [9.17, 15) is 23.9 Å². The first-order valence-electron chi connectivity index (χ1n) is 12.8. The van der Waals surface area contributed by atoms with Gasteiger partial charge >= 0.3 is 5.97 Å². The van der Waals surface area contributed by atoms with E-state index < -0.39 is 23.1 Å². The lowest BCUT2D eigenvalue weighted by molar-refractivity contribution is -0.150. The Morgan fingerprint density at radius 2 is 1.75 bits per heavy atom. The number of hydrogen-bond acceptors (Lipinski definition) is 5. The van der Waals surface area contributed by atoms with Gasteiger partial charge in [0.1, 0.15) is 5.75 Å². The minimum atomic E-state index is -0.840. The molecule has 2 saturated carbocycles. The molecule has 2 aliphatic rings. The Bertz CT molecular complexity index is 973. The molecule has 3 N–H and O–H groups in total. The van der Waals surface area contributed by atoms with Gasteiger partial charge in [-0.15, -0.1) is 0 Å². The number of carbonyl (C=O) groups is 3. The summed E-state index contributed by atoms with van der Waals surface area (Å²) in [6.07, 6.45) is 3.65. The van der Waals surface area contributed by atoms with Crippen LogP contribution in [-0.2, 0) is 9.59 Å². The Labute approximate surface area is 212 Å². The van der Waals surface area contributed by atoms with Crippen LogP contribution in [-0.4, -0.2) is 48.2 Å². The molecule has 8 nitrogen and oxygen atoms in total. The molecule has 2 fully saturated rings. The largest absolute Gasteiger partial charge is 0.496 e. The fourth-order valence-electron chi connectivity index (χ4n) is 4.90. The van der Waals surface area contributed by atoms with E-state index in [4.69, 9.17) is 9.47 Å². The number of methoxy groups -OCH3 is 1. The maximum absolute atomic E-state index is 14.8. The average Bonchev–Trinajstić information content (AvgIpc) is 3.29. The number of halogens is 1. The van der Waals surface area contributed by atoms with Gasteiger partial charge in [-0.1, -0.05) is 20.3 Å². The molecule has 0 bridgehead atoms. The fourth-order valence-corrected chi connectivity index (χ4v) is 4.90. The summed E-state index contributed by atoms with van der Waals surface area (Å²) < 4.78 is 25.9. The molecule has 1 unspecified atom stereocenters. The van der Waals surface area contributed by atoms with Crippen LogP contribution in [0, 0.1) is 23.1 Å². The molecule has 0 heterocycles. The van der Waals surface area contributed by atoms with Crippen LogP contribution in [0.3, 0.4) is 0 Å². The van der Waals surface area contributed by atoms with E-state index in [0.29, 0.717) is 44.4 Å². The van der Waals surface area contributed by atoms with Crippen LogP contribution in [0.1, 0.15) is 83.0 Å². The van der Waals surface area contributed by atoms with Crippen molar-refractivity contribution in [2.75, 3.05) is 7.11 Å². The van der Waals surface area contributed by atoms with Gasteiger partial charge in [-0.2, -0.15) is 0 Å². The van der Waals surface area contributed by atoms with Crippen molar-refractivity contribution in [2.24, 2.45) is 17.3 Å². The topological polar surface area (TPSA) is 114 Å². The molecule has 3 atom stereocenters. The van der Waals surface area contributed by atoms with Crippen LogP contribution in [0.5, 0.6) is 11.5 Å².